The van der Waals surface area contributed by atoms with E-state index >= 15 is 0 Å². The van der Waals surface area contributed by atoms with Crippen LogP contribution in [0.15, 0.2) is 12.7 Å². The van der Waals surface area contributed by atoms with E-state index in [0.29, 0.717) is 6.54 Å². The topological polar surface area (TPSA) is 72.3 Å². The second kappa shape index (κ2) is 7.07. The Morgan fingerprint density at radius 2 is 2.22 bits per heavy atom. The molecule has 1 aromatic rings. The van der Waals surface area contributed by atoms with E-state index < -0.39 is 0 Å². The van der Waals surface area contributed by atoms with Gasteiger partial charge in [-0.25, -0.2) is 9.67 Å². The van der Waals surface area contributed by atoms with Crippen LogP contribution >= 0.6 is 0 Å². The van der Waals surface area contributed by atoms with Crippen molar-refractivity contribution in [2.75, 3.05) is 39.4 Å². The fraction of sp³-hybridized carbons (Fsp3) is 0.727. The number of rotatable bonds is 6. The van der Waals surface area contributed by atoms with Crippen LogP contribution in [0.4, 0.5) is 0 Å². The largest absolute Gasteiger partial charge is 0.379 e. The molecular formula is C11H19N5O2. The Hall–Kier alpha value is -1.47. The lowest BCUT2D eigenvalue weighted by atomic mass is 10.3. The number of aromatic nitrogens is 3. The molecule has 0 aliphatic carbocycles. The SMILES string of the molecule is O=C(Cn1cncn1)NCCCN1CCOCC1. The lowest BCUT2D eigenvalue weighted by molar-refractivity contribution is -0.121. The first-order chi connectivity index (χ1) is 8.84. The summed E-state index contributed by atoms with van der Waals surface area (Å²) in [5.41, 5.74) is 0. The van der Waals surface area contributed by atoms with Crippen molar-refractivity contribution in [3.8, 4) is 0 Å². The van der Waals surface area contributed by atoms with Gasteiger partial charge in [-0.2, -0.15) is 5.10 Å². The molecule has 0 atom stereocenters. The summed E-state index contributed by atoms with van der Waals surface area (Å²) in [5.74, 6) is -0.0255. The fourth-order valence-electron chi connectivity index (χ4n) is 1.87. The van der Waals surface area contributed by atoms with E-state index in [2.05, 4.69) is 20.3 Å². The number of ether oxygens (including phenoxy) is 1. The minimum atomic E-state index is -0.0255. The van der Waals surface area contributed by atoms with Crippen LogP contribution in [0.1, 0.15) is 6.42 Å². The second-order valence-electron chi connectivity index (χ2n) is 4.25. The third kappa shape index (κ3) is 4.42. The lowest BCUT2D eigenvalue weighted by Crippen LogP contribution is -2.38. The number of hydrogen-bond donors (Lipinski definition) is 1. The second-order valence-corrected chi connectivity index (χ2v) is 4.25. The van der Waals surface area contributed by atoms with E-state index in [9.17, 15) is 4.79 Å². The van der Waals surface area contributed by atoms with Crippen molar-refractivity contribution in [1.82, 2.24) is 25.0 Å². The van der Waals surface area contributed by atoms with Gasteiger partial charge < -0.3 is 10.1 Å². The summed E-state index contributed by atoms with van der Waals surface area (Å²) in [6.45, 7) is 5.56. The van der Waals surface area contributed by atoms with Gasteiger partial charge in [-0.15, -0.1) is 0 Å². The van der Waals surface area contributed by atoms with E-state index in [1.165, 1.54) is 17.3 Å². The number of amides is 1. The van der Waals surface area contributed by atoms with E-state index in [-0.39, 0.29) is 12.5 Å². The van der Waals surface area contributed by atoms with Crippen molar-refractivity contribution < 1.29 is 9.53 Å². The summed E-state index contributed by atoms with van der Waals surface area (Å²) in [7, 11) is 0. The molecule has 1 aliphatic rings. The normalized spacial score (nSPS) is 16.7. The molecule has 1 N–H and O–H groups in total. The van der Waals surface area contributed by atoms with Crippen LogP contribution < -0.4 is 5.32 Å². The van der Waals surface area contributed by atoms with Crippen molar-refractivity contribution in [2.45, 2.75) is 13.0 Å². The maximum Gasteiger partial charge on any atom is 0.241 e. The van der Waals surface area contributed by atoms with Crippen LogP contribution in [-0.4, -0.2) is 65.0 Å². The molecule has 1 aliphatic heterocycles. The number of nitrogens with zero attached hydrogens (tertiary/aromatic N) is 4. The molecule has 7 heteroatoms. The molecule has 0 unspecified atom stereocenters. The Labute approximate surface area is 106 Å². The number of carbonyl (C=O) groups excluding carboxylic acids is 1. The van der Waals surface area contributed by atoms with Gasteiger partial charge in [-0.05, 0) is 13.0 Å². The van der Waals surface area contributed by atoms with Gasteiger partial charge in [-0.1, -0.05) is 0 Å². The van der Waals surface area contributed by atoms with Crippen molar-refractivity contribution in [3.63, 3.8) is 0 Å². The average molecular weight is 253 g/mol. The third-order valence-corrected chi connectivity index (χ3v) is 2.85. The standard InChI is InChI=1S/C11H19N5O2/c17-11(8-16-10-12-9-14-16)13-2-1-3-15-4-6-18-7-5-15/h9-10H,1-8H2,(H,13,17). The predicted molar refractivity (Wildman–Crippen MR) is 64.9 cm³/mol. The van der Waals surface area contributed by atoms with Crippen molar-refractivity contribution in [3.05, 3.63) is 12.7 Å². The zero-order valence-corrected chi connectivity index (χ0v) is 10.4. The van der Waals surface area contributed by atoms with E-state index in [1.54, 1.807) is 0 Å². The van der Waals surface area contributed by atoms with Crippen molar-refractivity contribution >= 4 is 5.91 Å². The van der Waals surface area contributed by atoms with Crippen LogP contribution in [0.3, 0.4) is 0 Å². The van der Waals surface area contributed by atoms with Gasteiger partial charge in [0.15, 0.2) is 0 Å². The number of carbonyl (C=O) groups is 1. The molecule has 2 rings (SSSR count). The van der Waals surface area contributed by atoms with Gasteiger partial charge in [0, 0.05) is 19.6 Å². The smallest absolute Gasteiger partial charge is 0.241 e. The molecule has 1 fully saturated rings. The molecule has 2 heterocycles. The molecule has 0 bridgehead atoms. The maximum atomic E-state index is 11.5. The van der Waals surface area contributed by atoms with E-state index in [4.69, 9.17) is 4.74 Å². The molecule has 0 radical (unpaired) electrons. The Kier molecular flexibility index (Phi) is 5.10. The van der Waals surface area contributed by atoms with E-state index in [0.717, 1.165) is 39.3 Å². The Balaban J connectivity index is 1.53. The molecular weight excluding hydrogens is 234 g/mol. The Morgan fingerprint density at radius 1 is 1.39 bits per heavy atom. The summed E-state index contributed by atoms with van der Waals surface area (Å²) in [4.78, 5) is 17.7. The van der Waals surface area contributed by atoms with Crippen LogP contribution in [0.25, 0.3) is 0 Å². The highest BCUT2D eigenvalue weighted by atomic mass is 16.5. The van der Waals surface area contributed by atoms with Gasteiger partial charge in [0.05, 0.1) is 13.2 Å². The predicted octanol–water partition coefficient (Wildman–Crippen LogP) is -0.883. The average Bonchev–Trinajstić information content (AvgIpc) is 2.89. The molecule has 0 saturated carbocycles. The first-order valence-corrected chi connectivity index (χ1v) is 6.24. The van der Waals surface area contributed by atoms with Gasteiger partial charge in [0.1, 0.15) is 19.2 Å². The van der Waals surface area contributed by atoms with Crippen molar-refractivity contribution in [2.24, 2.45) is 0 Å². The summed E-state index contributed by atoms with van der Waals surface area (Å²) < 4.78 is 6.79. The zero-order valence-electron chi connectivity index (χ0n) is 10.4. The molecule has 1 amide bonds. The van der Waals surface area contributed by atoms with Crippen LogP contribution in [-0.2, 0) is 16.1 Å². The van der Waals surface area contributed by atoms with Gasteiger partial charge in [-0.3, -0.25) is 9.69 Å². The minimum Gasteiger partial charge on any atom is -0.379 e. The van der Waals surface area contributed by atoms with Gasteiger partial charge in [0.25, 0.3) is 0 Å². The maximum absolute atomic E-state index is 11.5. The minimum absolute atomic E-state index is 0.0255. The first-order valence-electron chi connectivity index (χ1n) is 6.24. The van der Waals surface area contributed by atoms with Crippen LogP contribution in [0.2, 0.25) is 0 Å². The summed E-state index contributed by atoms with van der Waals surface area (Å²) >= 11 is 0. The van der Waals surface area contributed by atoms with Gasteiger partial charge in [0.2, 0.25) is 5.91 Å². The van der Waals surface area contributed by atoms with Crippen LogP contribution in [0, 0.1) is 0 Å². The highest BCUT2D eigenvalue weighted by Gasteiger charge is 2.09. The molecule has 7 nitrogen and oxygen atoms in total. The molecule has 1 saturated heterocycles. The summed E-state index contributed by atoms with van der Waals surface area (Å²) in [5, 5.41) is 6.76. The Morgan fingerprint density at radius 3 is 2.94 bits per heavy atom. The molecule has 100 valence electrons. The molecule has 0 spiro atoms. The number of nitrogens with one attached hydrogen (secondary N) is 1. The first kappa shape index (κ1) is 13.0. The fourth-order valence-corrected chi connectivity index (χ4v) is 1.87. The highest BCUT2D eigenvalue weighted by Crippen LogP contribution is 1.97. The van der Waals surface area contributed by atoms with Crippen molar-refractivity contribution in [1.29, 1.82) is 0 Å². The monoisotopic (exact) mass is 253 g/mol. The Bertz CT molecular complexity index is 348. The molecule has 18 heavy (non-hydrogen) atoms. The molecule has 1 aromatic heterocycles. The summed E-state index contributed by atoms with van der Waals surface area (Å²) in [6.07, 6.45) is 3.92. The zero-order chi connectivity index (χ0) is 12.6. The number of hydrogen-bond acceptors (Lipinski definition) is 5. The van der Waals surface area contributed by atoms with Crippen LogP contribution in [0.5, 0.6) is 0 Å². The number of morpholine rings is 1. The third-order valence-electron chi connectivity index (χ3n) is 2.85. The lowest BCUT2D eigenvalue weighted by Gasteiger charge is -2.26. The highest BCUT2D eigenvalue weighted by molar-refractivity contribution is 5.75. The van der Waals surface area contributed by atoms with E-state index in [1.807, 2.05) is 0 Å². The quantitative estimate of drug-likeness (QED) is 0.666. The van der Waals surface area contributed by atoms with Gasteiger partial charge >= 0.3 is 0 Å². The molecule has 0 aromatic carbocycles. The summed E-state index contributed by atoms with van der Waals surface area (Å²) in [6, 6.07) is 0.